The predicted molar refractivity (Wildman–Crippen MR) is 154 cm³/mol. The first-order valence-corrected chi connectivity index (χ1v) is 13.2. The minimum atomic E-state index is -1.45. The first kappa shape index (κ1) is 32.7. The van der Waals surface area contributed by atoms with Gasteiger partial charge in [-0.15, -0.1) is 0 Å². The van der Waals surface area contributed by atoms with E-state index in [0.29, 0.717) is 30.2 Å². The molecule has 0 saturated carbocycles. The number of nitrogens with two attached hydrogens (primary N) is 1. The molecule has 0 heterocycles. The van der Waals surface area contributed by atoms with Gasteiger partial charge in [-0.05, 0) is 88.6 Å². The molecule has 2 aromatic carbocycles. The van der Waals surface area contributed by atoms with Gasteiger partial charge in [0.1, 0.15) is 11.6 Å². The van der Waals surface area contributed by atoms with E-state index >= 15 is 0 Å². The highest BCUT2D eigenvalue weighted by atomic mass is 16.6. The molecule has 2 atom stereocenters. The summed E-state index contributed by atoms with van der Waals surface area (Å²) in [6.07, 6.45) is -1.03. The first-order valence-electron chi connectivity index (χ1n) is 13.2. The van der Waals surface area contributed by atoms with Crippen LogP contribution in [0.4, 0.5) is 27.5 Å². The molecule has 0 spiro atoms. The number of carboxylic acid groups (broad SMARTS) is 2. The lowest BCUT2D eigenvalue weighted by molar-refractivity contribution is -0.144. The molecular formula is C28H38N6O7. The van der Waals surface area contributed by atoms with E-state index in [-0.39, 0.29) is 31.6 Å². The molecule has 0 aliphatic heterocycles. The third-order valence-electron chi connectivity index (χ3n) is 5.59. The highest BCUT2D eigenvalue weighted by Crippen LogP contribution is 2.22. The van der Waals surface area contributed by atoms with Crippen molar-refractivity contribution in [2.45, 2.75) is 58.1 Å². The molecule has 0 fully saturated rings. The second kappa shape index (κ2) is 15.9. The summed E-state index contributed by atoms with van der Waals surface area (Å²) in [5.41, 5.74) is 7.37. The van der Waals surface area contributed by atoms with E-state index in [4.69, 9.17) is 10.5 Å². The lowest BCUT2D eigenvalue weighted by Gasteiger charge is -2.23. The van der Waals surface area contributed by atoms with Crippen molar-refractivity contribution in [1.29, 1.82) is 0 Å². The van der Waals surface area contributed by atoms with Gasteiger partial charge in [-0.1, -0.05) is 0 Å². The summed E-state index contributed by atoms with van der Waals surface area (Å²) in [6, 6.07) is 12.7. The summed E-state index contributed by atoms with van der Waals surface area (Å²) in [5, 5.41) is 35.5. The summed E-state index contributed by atoms with van der Waals surface area (Å²) in [7, 11) is 0. The molecule has 2 aromatic rings. The molecule has 0 bridgehead atoms. The standard InChI is InChI=1S/C28H38N6O7/c1-28(2,3)41-27(40)32-23(26(38)39)17-18(25(36)37)5-4-6-24(35)31-20-9-13-22(14-10-20)34-33-21-11-7-19(8-12-21)30-16-15-29/h7-14,18,23,30H,4-6,15-17,29H2,1-3H3,(H,31,35)(H,32,40)(H,36,37)(H,38,39)/b34-33+/t18-,23-/m0/s1. The Kier molecular flexibility index (Phi) is 12.7. The number of aliphatic carboxylic acids is 2. The van der Waals surface area contributed by atoms with Crippen LogP contribution in [0.25, 0.3) is 0 Å². The summed E-state index contributed by atoms with van der Waals surface area (Å²) < 4.78 is 5.06. The van der Waals surface area contributed by atoms with Gasteiger partial charge in [-0.2, -0.15) is 10.2 Å². The van der Waals surface area contributed by atoms with Crippen molar-refractivity contribution >= 4 is 46.7 Å². The van der Waals surface area contributed by atoms with Crippen molar-refractivity contribution in [3.63, 3.8) is 0 Å². The Labute approximate surface area is 238 Å². The number of alkyl carbamates (subject to hydrolysis) is 1. The van der Waals surface area contributed by atoms with E-state index < -0.39 is 35.6 Å². The summed E-state index contributed by atoms with van der Waals surface area (Å²) in [4.78, 5) is 47.6. The zero-order valence-corrected chi connectivity index (χ0v) is 23.4. The number of hydrogen-bond donors (Lipinski definition) is 6. The normalized spacial score (nSPS) is 12.8. The third kappa shape index (κ3) is 12.9. The van der Waals surface area contributed by atoms with Gasteiger partial charge in [-0.3, -0.25) is 9.59 Å². The molecule has 0 aliphatic rings. The smallest absolute Gasteiger partial charge is 0.408 e. The zero-order chi connectivity index (χ0) is 30.4. The predicted octanol–water partition coefficient (Wildman–Crippen LogP) is 4.65. The average Bonchev–Trinajstić information content (AvgIpc) is 2.89. The number of carbonyl (C=O) groups is 4. The highest BCUT2D eigenvalue weighted by molar-refractivity contribution is 5.90. The van der Waals surface area contributed by atoms with Gasteiger partial charge in [0.05, 0.1) is 17.3 Å². The van der Waals surface area contributed by atoms with Crippen LogP contribution >= 0.6 is 0 Å². The molecule has 41 heavy (non-hydrogen) atoms. The van der Waals surface area contributed by atoms with E-state index in [1.165, 1.54) is 0 Å². The Morgan fingerprint density at radius 1 is 0.902 bits per heavy atom. The van der Waals surface area contributed by atoms with Crippen LogP contribution in [0.15, 0.2) is 58.8 Å². The van der Waals surface area contributed by atoms with Gasteiger partial charge in [0.2, 0.25) is 5.91 Å². The van der Waals surface area contributed by atoms with E-state index in [1.54, 1.807) is 45.0 Å². The van der Waals surface area contributed by atoms with Gasteiger partial charge in [0.25, 0.3) is 0 Å². The Morgan fingerprint density at radius 2 is 1.46 bits per heavy atom. The summed E-state index contributed by atoms with van der Waals surface area (Å²) in [6.45, 7) is 6.08. The topological polar surface area (TPSA) is 205 Å². The third-order valence-corrected chi connectivity index (χ3v) is 5.59. The molecule has 2 rings (SSSR count). The number of anilines is 2. The highest BCUT2D eigenvalue weighted by Gasteiger charge is 2.29. The minimum absolute atomic E-state index is 0.0264. The van der Waals surface area contributed by atoms with Crippen LogP contribution in [-0.2, 0) is 19.1 Å². The van der Waals surface area contributed by atoms with E-state index in [1.807, 2.05) is 24.3 Å². The van der Waals surface area contributed by atoms with Crippen molar-refractivity contribution in [2.24, 2.45) is 21.9 Å². The van der Waals surface area contributed by atoms with Crippen LogP contribution in [0, 0.1) is 5.92 Å². The van der Waals surface area contributed by atoms with Gasteiger partial charge in [0, 0.05) is 30.9 Å². The maximum Gasteiger partial charge on any atom is 0.408 e. The maximum absolute atomic E-state index is 12.4. The molecule has 2 amide bonds. The van der Waals surface area contributed by atoms with E-state index in [2.05, 4.69) is 26.2 Å². The van der Waals surface area contributed by atoms with Crippen molar-refractivity contribution in [2.75, 3.05) is 23.7 Å². The Balaban J connectivity index is 1.83. The molecule has 0 radical (unpaired) electrons. The van der Waals surface area contributed by atoms with E-state index in [9.17, 15) is 29.4 Å². The second-order valence-corrected chi connectivity index (χ2v) is 10.3. The number of benzene rings is 2. The zero-order valence-electron chi connectivity index (χ0n) is 23.4. The summed E-state index contributed by atoms with van der Waals surface area (Å²) >= 11 is 0. The van der Waals surface area contributed by atoms with E-state index in [0.717, 1.165) is 5.69 Å². The Hall–Kier alpha value is -4.52. The molecule has 7 N–H and O–H groups in total. The Morgan fingerprint density at radius 3 is 1.95 bits per heavy atom. The van der Waals surface area contributed by atoms with Gasteiger partial charge in [-0.25, -0.2) is 9.59 Å². The fourth-order valence-corrected chi connectivity index (χ4v) is 3.62. The molecule has 222 valence electrons. The van der Waals surface area contributed by atoms with Crippen LogP contribution < -0.4 is 21.7 Å². The average molecular weight is 571 g/mol. The fourth-order valence-electron chi connectivity index (χ4n) is 3.62. The number of ether oxygens (including phenoxy) is 1. The number of rotatable bonds is 15. The number of amides is 2. The molecule has 13 nitrogen and oxygen atoms in total. The van der Waals surface area contributed by atoms with Crippen LogP contribution in [-0.4, -0.2) is 58.9 Å². The number of carboxylic acids is 2. The van der Waals surface area contributed by atoms with Gasteiger partial charge >= 0.3 is 18.0 Å². The lowest BCUT2D eigenvalue weighted by Crippen LogP contribution is -2.45. The van der Waals surface area contributed by atoms with Crippen LogP contribution in [0.5, 0.6) is 0 Å². The number of hydrogen-bond acceptors (Lipinski definition) is 9. The second-order valence-electron chi connectivity index (χ2n) is 10.3. The molecule has 0 unspecified atom stereocenters. The molecular weight excluding hydrogens is 532 g/mol. The number of nitrogens with zero attached hydrogens (tertiary/aromatic N) is 2. The Bertz CT molecular complexity index is 1190. The SMILES string of the molecule is CC(C)(C)OC(=O)N[C@@H](C[C@H](CCCC(=O)Nc1ccc(/N=N/c2ccc(NCCN)cc2)cc1)C(=O)O)C(=O)O. The summed E-state index contributed by atoms with van der Waals surface area (Å²) in [5.74, 6) is -4.00. The minimum Gasteiger partial charge on any atom is -0.481 e. The van der Waals surface area contributed by atoms with Gasteiger partial charge in [0.15, 0.2) is 0 Å². The monoisotopic (exact) mass is 570 g/mol. The van der Waals surface area contributed by atoms with Gasteiger partial charge < -0.3 is 36.6 Å². The largest absolute Gasteiger partial charge is 0.481 e. The van der Waals surface area contributed by atoms with Crippen molar-refractivity contribution < 1.29 is 34.1 Å². The number of azo groups is 1. The van der Waals surface area contributed by atoms with Crippen LogP contribution in [0.3, 0.4) is 0 Å². The van der Waals surface area contributed by atoms with Crippen LogP contribution in [0.2, 0.25) is 0 Å². The van der Waals surface area contributed by atoms with Crippen molar-refractivity contribution in [1.82, 2.24) is 5.32 Å². The lowest BCUT2D eigenvalue weighted by atomic mass is 9.94. The number of carbonyl (C=O) groups excluding carboxylic acids is 2. The first-order chi connectivity index (χ1) is 19.4. The number of nitrogens with one attached hydrogen (secondary N) is 3. The maximum atomic E-state index is 12.4. The molecule has 13 heteroatoms. The van der Waals surface area contributed by atoms with Crippen molar-refractivity contribution in [3.05, 3.63) is 48.5 Å². The van der Waals surface area contributed by atoms with Crippen molar-refractivity contribution in [3.8, 4) is 0 Å². The fraction of sp³-hybridized carbons (Fsp3) is 0.429. The molecule has 0 aromatic heterocycles. The molecule has 0 aliphatic carbocycles. The van der Waals surface area contributed by atoms with Crippen LogP contribution in [0.1, 0.15) is 46.5 Å². The quantitative estimate of drug-likeness (QED) is 0.165. The molecule has 0 saturated heterocycles.